The monoisotopic (exact) mass is 726 g/mol. The van der Waals surface area contributed by atoms with E-state index in [1.165, 1.54) is 43.6 Å². The predicted octanol–water partition coefficient (Wildman–Crippen LogP) is 13.1. The van der Waals surface area contributed by atoms with E-state index in [2.05, 4.69) is 133 Å². The summed E-state index contributed by atoms with van der Waals surface area (Å²) < 4.78 is 0. The van der Waals surface area contributed by atoms with Crippen LogP contribution in [0.5, 0.6) is 0 Å². The highest BCUT2D eigenvalue weighted by atomic mass is 32.2. The molecule has 5 aromatic carbocycles. The fourth-order valence-electron chi connectivity index (χ4n) is 6.27. The average molecular weight is 727 g/mol. The van der Waals surface area contributed by atoms with Crippen LogP contribution in [-0.4, -0.2) is 5.37 Å². The third-order valence-corrected chi connectivity index (χ3v) is 10.1. The molecule has 1 aliphatic heterocycles. The van der Waals surface area contributed by atoms with Gasteiger partial charge in [0.05, 0.1) is 23.4 Å². The summed E-state index contributed by atoms with van der Waals surface area (Å²) in [7, 11) is 0. The van der Waals surface area contributed by atoms with Gasteiger partial charge in [-0.2, -0.15) is 0 Å². The second-order valence-electron chi connectivity index (χ2n) is 12.0. The van der Waals surface area contributed by atoms with E-state index >= 15 is 0 Å². The Balaban J connectivity index is 0.000000620. The van der Waals surface area contributed by atoms with Crippen molar-refractivity contribution in [1.82, 2.24) is 10.6 Å². The minimum Gasteiger partial charge on any atom is -0.368 e. The highest BCUT2D eigenvalue weighted by molar-refractivity contribution is 8.00. The highest BCUT2D eigenvalue weighted by Gasteiger charge is 2.28. The number of nitrogens with two attached hydrogens (primary N) is 1. The Bertz CT molecular complexity index is 1820. The molecule has 53 heavy (non-hydrogen) atoms. The SMILES string of the molecule is C=C/C=C\C.CC.CC.CC.CC(NC(NC(N)c1ccccc1)c1ccc2c3c(ccc2c1)SC(C1=Cc2ccccc2CC1)N3)c1ccccc1. The largest absolute Gasteiger partial charge is 0.368 e. The molecular formula is C48H62N4S. The first-order valence-corrected chi connectivity index (χ1v) is 20.3. The number of nitrogens with one attached hydrogen (secondary N) is 3. The number of hydrogen-bond donors (Lipinski definition) is 4. The van der Waals surface area contributed by atoms with E-state index in [1.807, 2.05) is 90.6 Å². The lowest BCUT2D eigenvalue weighted by Crippen LogP contribution is -2.41. The molecule has 0 spiro atoms. The number of fused-ring (bicyclic) bond motifs is 4. The normalized spacial score (nSPS) is 15.4. The van der Waals surface area contributed by atoms with Crippen LogP contribution in [0.1, 0.15) is 108 Å². The topological polar surface area (TPSA) is 62.1 Å². The number of hydrogen-bond acceptors (Lipinski definition) is 5. The van der Waals surface area contributed by atoms with E-state index in [-0.39, 0.29) is 23.7 Å². The first kappa shape index (κ1) is 43.0. The quantitative estimate of drug-likeness (QED) is 0.0900. The Kier molecular flexibility index (Phi) is 18.9. The van der Waals surface area contributed by atoms with Gasteiger partial charge in [-0.05, 0) is 77.6 Å². The summed E-state index contributed by atoms with van der Waals surface area (Å²) >= 11 is 1.93. The third-order valence-electron chi connectivity index (χ3n) is 8.82. The van der Waals surface area contributed by atoms with Crippen molar-refractivity contribution >= 4 is 34.3 Å². The molecule has 5 heteroatoms. The van der Waals surface area contributed by atoms with Gasteiger partial charge in [0.25, 0.3) is 0 Å². The molecule has 0 bridgehead atoms. The van der Waals surface area contributed by atoms with Gasteiger partial charge in [0.15, 0.2) is 0 Å². The summed E-state index contributed by atoms with van der Waals surface area (Å²) in [5.74, 6) is 0. The number of allylic oxidation sites excluding steroid dienone is 3. The van der Waals surface area contributed by atoms with Crippen LogP contribution in [-0.2, 0) is 6.42 Å². The second-order valence-corrected chi connectivity index (χ2v) is 13.2. The maximum absolute atomic E-state index is 6.68. The van der Waals surface area contributed by atoms with Crippen LogP contribution in [0.2, 0.25) is 0 Å². The standard InChI is InChI=1S/C37H36N4S.C5H8.3C2H6/c1-24(25-10-4-2-5-11-25)39-36(41-35(38)27-13-6-3-7-14-27)30-18-20-32-29(23-30)19-21-33-34(32)40-37(42-33)31-17-16-26-12-8-9-15-28(26)22-31;1-3-5-4-2;3*1-2/h2-15,18-24,35-37,39-41H,16-17,38H2,1H3;3-5H,1H2,2H3;3*1-2H3/b;5-4-;;;. The van der Waals surface area contributed by atoms with Crippen LogP contribution in [0.4, 0.5) is 5.69 Å². The van der Waals surface area contributed by atoms with Crippen molar-refractivity contribution in [2.75, 3.05) is 5.32 Å². The van der Waals surface area contributed by atoms with Crippen molar-refractivity contribution < 1.29 is 0 Å². The molecule has 0 saturated heterocycles. The molecule has 0 radical (unpaired) electrons. The van der Waals surface area contributed by atoms with Crippen LogP contribution < -0.4 is 21.7 Å². The molecule has 1 aliphatic carbocycles. The van der Waals surface area contributed by atoms with Crippen molar-refractivity contribution in [3.8, 4) is 0 Å². The molecule has 5 aromatic rings. The van der Waals surface area contributed by atoms with Crippen LogP contribution in [0.3, 0.4) is 0 Å². The van der Waals surface area contributed by atoms with Gasteiger partial charge in [-0.3, -0.25) is 10.6 Å². The zero-order valence-electron chi connectivity index (χ0n) is 33.2. The van der Waals surface area contributed by atoms with E-state index in [1.54, 1.807) is 6.08 Å². The smallest absolute Gasteiger partial charge is 0.0990 e. The number of aryl methyl sites for hydroxylation is 1. The van der Waals surface area contributed by atoms with Gasteiger partial charge in [0, 0.05) is 16.3 Å². The summed E-state index contributed by atoms with van der Waals surface area (Å²) in [5.41, 5.74) is 15.7. The number of benzene rings is 5. The summed E-state index contributed by atoms with van der Waals surface area (Å²) in [6, 6.07) is 41.0. The van der Waals surface area contributed by atoms with Crippen LogP contribution in [0.25, 0.3) is 16.8 Å². The lowest BCUT2D eigenvalue weighted by Gasteiger charge is -2.28. The zero-order chi connectivity index (χ0) is 38.6. The lowest BCUT2D eigenvalue weighted by molar-refractivity contribution is 0.357. The minimum atomic E-state index is -0.310. The molecule has 0 saturated carbocycles. The van der Waals surface area contributed by atoms with Gasteiger partial charge in [-0.25, -0.2) is 0 Å². The minimum absolute atomic E-state index is 0.134. The third kappa shape index (κ3) is 11.8. The zero-order valence-corrected chi connectivity index (χ0v) is 34.0. The van der Waals surface area contributed by atoms with Gasteiger partial charge in [-0.15, -0.1) is 0 Å². The van der Waals surface area contributed by atoms with E-state index in [0.717, 1.165) is 24.0 Å². The number of rotatable bonds is 9. The lowest BCUT2D eigenvalue weighted by atomic mass is 9.92. The maximum atomic E-state index is 6.68. The van der Waals surface area contributed by atoms with Crippen molar-refractivity contribution in [1.29, 1.82) is 0 Å². The Morgan fingerprint density at radius 2 is 1.40 bits per heavy atom. The van der Waals surface area contributed by atoms with Crippen LogP contribution >= 0.6 is 11.8 Å². The highest BCUT2D eigenvalue weighted by Crippen LogP contribution is 2.47. The average Bonchev–Trinajstić information content (AvgIpc) is 3.69. The molecule has 0 amide bonds. The van der Waals surface area contributed by atoms with Crippen molar-refractivity contribution in [3.63, 3.8) is 0 Å². The Labute approximate surface area is 325 Å². The number of anilines is 1. The molecule has 0 aromatic heterocycles. The fourth-order valence-corrected chi connectivity index (χ4v) is 7.47. The summed E-state index contributed by atoms with van der Waals surface area (Å²) in [6.45, 7) is 19.6. The van der Waals surface area contributed by atoms with E-state index in [0.29, 0.717) is 0 Å². The first-order chi connectivity index (χ1) is 26.0. The fraction of sp³-hybridized carbons (Fsp3) is 0.292. The molecule has 4 atom stereocenters. The molecule has 4 unspecified atom stereocenters. The predicted molar refractivity (Wildman–Crippen MR) is 236 cm³/mol. The van der Waals surface area contributed by atoms with E-state index in [9.17, 15) is 0 Å². The van der Waals surface area contributed by atoms with Gasteiger partial charge >= 0.3 is 0 Å². The maximum Gasteiger partial charge on any atom is 0.0990 e. The molecule has 280 valence electrons. The molecule has 4 nitrogen and oxygen atoms in total. The van der Waals surface area contributed by atoms with Crippen LogP contribution in [0.15, 0.2) is 151 Å². The second kappa shape index (κ2) is 23.3. The molecule has 2 aliphatic rings. The molecule has 7 rings (SSSR count). The molecule has 1 heterocycles. The Morgan fingerprint density at radius 1 is 0.755 bits per heavy atom. The molecule has 0 fully saturated rings. The van der Waals surface area contributed by atoms with Crippen molar-refractivity contribution in [3.05, 3.63) is 173 Å². The van der Waals surface area contributed by atoms with Crippen molar-refractivity contribution in [2.45, 2.75) is 96.9 Å². The van der Waals surface area contributed by atoms with Gasteiger partial charge < -0.3 is 11.1 Å². The van der Waals surface area contributed by atoms with Gasteiger partial charge in [0.2, 0.25) is 0 Å². The van der Waals surface area contributed by atoms with E-state index in [4.69, 9.17) is 5.73 Å². The number of thioether (sulfide) groups is 1. The summed E-state index contributed by atoms with van der Waals surface area (Å²) in [6.07, 6.45) is 9.72. The van der Waals surface area contributed by atoms with Crippen LogP contribution in [0, 0.1) is 0 Å². The summed E-state index contributed by atoms with van der Waals surface area (Å²) in [5, 5.41) is 14.1. The van der Waals surface area contributed by atoms with Gasteiger partial charge in [-0.1, -0.05) is 187 Å². The molecule has 5 N–H and O–H groups in total. The molecular weight excluding hydrogens is 665 g/mol. The summed E-state index contributed by atoms with van der Waals surface area (Å²) in [4.78, 5) is 1.32. The Hall–Kier alpha value is -4.39. The first-order valence-electron chi connectivity index (χ1n) is 19.4. The van der Waals surface area contributed by atoms with Crippen molar-refractivity contribution in [2.24, 2.45) is 5.73 Å². The Morgan fingerprint density at radius 3 is 2.04 bits per heavy atom. The van der Waals surface area contributed by atoms with Gasteiger partial charge in [0.1, 0.15) is 0 Å². The van der Waals surface area contributed by atoms with E-state index < -0.39 is 0 Å².